The fraction of sp³-hybridized carbons (Fsp3) is 1.00. The molecule has 2 aliphatic heterocycles. The Balaban J connectivity index is 2.30. The average Bonchev–Trinajstić information content (AvgIpc) is 2.70. The van der Waals surface area contributed by atoms with Crippen molar-refractivity contribution in [2.75, 3.05) is 26.4 Å². The maximum atomic E-state index is 11.1. The summed E-state index contributed by atoms with van der Waals surface area (Å²) in [6, 6.07) is 0. The smallest absolute Gasteiger partial charge is 0.294 e. The second kappa shape index (κ2) is 12.7. The van der Waals surface area contributed by atoms with E-state index < -0.39 is 22.4 Å². The van der Waals surface area contributed by atoms with E-state index >= 15 is 0 Å². The Morgan fingerprint density at radius 1 is 0.607 bits per heavy atom. The molecule has 0 N–H and O–H groups in total. The molecule has 2 fully saturated rings. The van der Waals surface area contributed by atoms with E-state index in [-0.39, 0.29) is 11.8 Å². The molecule has 2 aliphatic rings. The summed E-state index contributed by atoms with van der Waals surface area (Å²) in [4.78, 5) is 32.5. The molecule has 2 saturated heterocycles. The van der Waals surface area contributed by atoms with Gasteiger partial charge in [-0.05, 0) is 76.0 Å². The monoisotopic (exact) mass is 404 g/mol. The number of rotatable bonds is 4. The van der Waals surface area contributed by atoms with Gasteiger partial charge in [0.05, 0.1) is 0 Å². The van der Waals surface area contributed by atoms with E-state index in [1.165, 1.54) is 0 Å². The first-order valence-electron chi connectivity index (χ1n) is 10.4. The van der Waals surface area contributed by atoms with Gasteiger partial charge in [0.1, 0.15) is 12.2 Å². The quantitative estimate of drug-likeness (QED) is 0.516. The molecule has 0 bridgehead atoms. The molecule has 0 spiro atoms. The van der Waals surface area contributed by atoms with Crippen LogP contribution in [0.1, 0.15) is 64.2 Å². The number of fused-ring (bicyclic) bond motifs is 1. The predicted molar refractivity (Wildman–Crippen MR) is 98.5 cm³/mol. The zero-order valence-electron chi connectivity index (χ0n) is 16.4. The van der Waals surface area contributed by atoms with Crippen molar-refractivity contribution in [1.82, 2.24) is 0 Å². The van der Waals surface area contributed by atoms with Gasteiger partial charge < -0.3 is 19.1 Å². The molecule has 0 saturated carbocycles. The third-order valence-electron chi connectivity index (χ3n) is 5.65. The fourth-order valence-corrected chi connectivity index (χ4v) is 4.41. The van der Waals surface area contributed by atoms with Crippen LogP contribution in [0.3, 0.4) is 0 Å². The molecule has 0 radical (unpaired) electrons. The Morgan fingerprint density at radius 3 is 1.39 bits per heavy atom. The van der Waals surface area contributed by atoms with Gasteiger partial charge in [-0.15, -0.1) is 20.2 Å². The highest BCUT2D eigenvalue weighted by Crippen LogP contribution is 2.36. The van der Waals surface area contributed by atoms with Gasteiger partial charge in [-0.25, -0.2) is 0 Å². The van der Waals surface area contributed by atoms with Crippen LogP contribution < -0.4 is 0 Å². The summed E-state index contributed by atoms with van der Waals surface area (Å²) >= 11 is 0. The van der Waals surface area contributed by atoms with E-state index in [1.807, 2.05) is 0 Å². The highest BCUT2D eigenvalue weighted by Gasteiger charge is 2.38. The maximum Gasteiger partial charge on any atom is 0.294 e. The van der Waals surface area contributed by atoms with Crippen molar-refractivity contribution < 1.29 is 29.3 Å². The lowest BCUT2D eigenvalue weighted by atomic mass is 9.75. The first-order valence-corrected chi connectivity index (χ1v) is 10.4. The summed E-state index contributed by atoms with van der Waals surface area (Å²) in [7, 11) is 0. The summed E-state index contributed by atoms with van der Waals surface area (Å²) in [5.41, 5.74) is 0. The van der Waals surface area contributed by atoms with Crippen molar-refractivity contribution in [3.63, 3.8) is 0 Å². The van der Waals surface area contributed by atoms with E-state index in [2.05, 4.69) is 0 Å². The molecular weight excluding hydrogens is 372 g/mol. The molecule has 4 atom stereocenters. The van der Waals surface area contributed by atoms with Crippen LogP contribution in [0.25, 0.3) is 0 Å². The first kappa shape index (κ1) is 22.6. The lowest BCUT2D eigenvalue weighted by molar-refractivity contribution is -0.776. The topological polar surface area (TPSA) is 123 Å². The predicted octanol–water partition coefficient (Wildman–Crippen LogP) is 3.33. The molecule has 2 heterocycles. The molecule has 4 unspecified atom stereocenters. The Hall–Kier alpha value is -1.68. The maximum absolute atomic E-state index is 11.1. The van der Waals surface area contributed by atoms with Gasteiger partial charge in [-0.3, -0.25) is 0 Å². The van der Waals surface area contributed by atoms with Gasteiger partial charge in [0.15, 0.2) is 0 Å². The van der Waals surface area contributed by atoms with E-state index in [0.29, 0.717) is 52.1 Å². The summed E-state index contributed by atoms with van der Waals surface area (Å²) in [5.74, 6) is -0.398. The Labute approximate surface area is 165 Å². The summed E-state index contributed by atoms with van der Waals surface area (Å²) < 4.78 is 11.3. The van der Waals surface area contributed by atoms with Crippen LogP contribution >= 0.6 is 0 Å². The van der Waals surface area contributed by atoms with Crippen molar-refractivity contribution in [1.29, 1.82) is 0 Å². The van der Waals surface area contributed by atoms with Crippen molar-refractivity contribution in [3.8, 4) is 0 Å². The van der Waals surface area contributed by atoms with E-state index in [9.17, 15) is 20.2 Å². The minimum atomic E-state index is -0.733. The number of nitrogens with zero attached hydrogens (tertiary/aromatic N) is 2. The zero-order chi connectivity index (χ0) is 20.2. The highest BCUT2D eigenvalue weighted by molar-refractivity contribution is 4.84. The van der Waals surface area contributed by atoms with Gasteiger partial charge >= 0.3 is 0 Å². The van der Waals surface area contributed by atoms with Crippen LogP contribution in [0.5, 0.6) is 0 Å². The third-order valence-corrected chi connectivity index (χ3v) is 5.65. The fourth-order valence-electron chi connectivity index (χ4n) is 4.41. The van der Waals surface area contributed by atoms with Crippen molar-refractivity contribution in [3.05, 3.63) is 20.2 Å². The number of hydrogen-bond donors (Lipinski definition) is 0. The summed E-state index contributed by atoms with van der Waals surface area (Å²) in [6.45, 7) is 2.39. The molecule has 0 aromatic carbocycles. The molecule has 28 heavy (non-hydrogen) atoms. The van der Waals surface area contributed by atoms with Gasteiger partial charge in [-0.1, -0.05) is 0 Å². The second-order valence-electron chi connectivity index (χ2n) is 7.56. The molecule has 162 valence electrons. The van der Waals surface area contributed by atoms with Crippen LogP contribution in [0.15, 0.2) is 0 Å². The largest absolute Gasteiger partial charge is 0.381 e. The van der Waals surface area contributed by atoms with Crippen molar-refractivity contribution >= 4 is 0 Å². The molecule has 0 aromatic heterocycles. The lowest BCUT2D eigenvalue weighted by Gasteiger charge is -2.36. The van der Waals surface area contributed by atoms with Crippen LogP contribution in [-0.4, -0.2) is 48.8 Å². The third kappa shape index (κ3) is 8.14. The molecule has 10 nitrogen and oxygen atoms in total. The molecule has 10 heteroatoms. The van der Waals surface area contributed by atoms with Gasteiger partial charge in [0.25, 0.3) is 10.2 Å². The summed E-state index contributed by atoms with van der Waals surface area (Å²) in [6.07, 6.45) is 5.75. The van der Waals surface area contributed by atoms with Gasteiger partial charge in [0, 0.05) is 26.4 Å². The van der Waals surface area contributed by atoms with Crippen LogP contribution in [-0.2, 0) is 19.1 Å². The summed E-state index contributed by atoms with van der Waals surface area (Å²) in [5, 5.41) is 20.8. The zero-order valence-corrected chi connectivity index (χ0v) is 16.4. The van der Waals surface area contributed by atoms with E-state index in [1.54, 1.807) is 0 Å². The standard InChI is InChI=1S/C18H32N2O8/c21-19(22)27-17-9-1-3-11-25-13-6-8-16-15(17)7-5-14-26-12-4-2-10-18(16)28-20(23)24/h15-18H,1-14H2. The Bertz CT molecular complexity index is 437. The minimum Gasteiger partial charge on any atom is -0.381 e. The number of hydrogen-bond acceptors (Lipinski definition) is 8. The van der Waals surface area contributed by atoms with Crippen LogP contribution in [0, 0.1) is 32.1 Å². The average molecular weight is 404 g/mol. The highest BCUT2D eigenvalue weighted by atomic mass is 17.0. The molecule has 0 aliphatic carbocycles. The van der Waals surface area contributed by atoms with Gasteiger partial charge in [-0.2, -0.15) is 0 Å². The first-order chi connectivity index (χ1) is 13.6. The Kier molecular flexibility index (Phi) is 10.3. The van der Waals surface area contributed by atoms with Crippen molar-refractivity contribution in [2.24, 2.45) is 11.8 Å². The van der Waals surface area contributed by atoms with E-state index in [4.69, 9.17) is 19.1 Å². The second-order valence-corrected chi connectivity index (χ2v) is 7.56. The van der Waals surface area contributed by atoms with Crippen molar-refractivity contribution in [2.45, 2.75) is 76.4 Å². The molecular formula is C18H32N2O8. The normalized spacial score (nSPS) is 31.3. The van der Waals surface area contributed by atoms with Gasteiger partial charge in [0.2, 0.25) is 0 Å². The van der Waals surface area contributed by atoms with Crippen LogP contribution in [0.4, 0.5) is 0 Å². The molecule has 2 rings (SSSR count). The molecule has 0 aromatic rings. The number of ether oxygens (including phenoxy) is 2. The minimum absolute atomic E-state index is 0.199. The SMILES string of the molecule is O=[N+]([O-])OC1CCCCOCCCC2C(O[N+](=O)[O-])CCCCOCCCC12. The Morgan fingerprint density at radius 2 is 1.00 bits per heavy atom. The van der Waals surface area contributed by atoms with E-state index in [0.717, 1.165) is 38.5 Å². The lowest BCUT2D eigenvalue weighted by Crippen LogP contribution is -2.40. The van der Waals surface area contributed by atoms with Crippen LogP contribution in [0.2, 0.25) is 0 Å². The molecule has 0 amide bonds.